The fraction of sp³-hybridized carbons (Fsp3) is 0.464. The second-order valence-electron chi connectivity index (χ2n) is 11.2. The number of halogens is 2. The van der Waals surface area contributed by atoms with Gasteiger partial charge >= 0.3 is 6.29 Å². The third-order valence-electron chi connectivity index (χ3n) is 7.35. The van der Waals surface area contributed by atoms with Gasteiger partial charge in [0.15, 0.2) is 11.5 Å². The molecular weight excluding hydrogens is 498 g/mol. The number of nitrogens with one attached hydrogen (secondary N) is 1. The Kier molecular flexibility index (Phi) is 6.40. The Labute approximate surface area is 218 Å². The van der Waals surface area contributed by atoms with Gasteiger partial charge in [0.05, 0.1) is 18.1 Å². The fourth-order valence-electron chi connectivity index (χ4n) is 5.06. The molecule has 1 aliphatic heterocycles. The highest BCUT2D eigenvalue weighted by atomic mass is 19.3. The van der Waals surface area contributed by atoms with Gasteiger partial charge < -0.3 is 34.7 Å². The van der Waals surface area contributed by atoms with Crippen LogP contribution in [0.2, 0.25) is 0 Å². The molecule has 0 bridgehead atoms. The smallest absolute Gasteiger partial charge is 0.395 e. The highest BCUT2D eigenvalue weighted by Crippen LogP contribution is 2.52. The quantitative estimate of drug-likeness (QED) is 0.350. The molecule has 2 aliphatic rings. The van der Waals surface area contributed by atoms with Gasteiger partial charge in [-0.2, -0.15) is 0 Å². The zero-order valence-corrected chi connectivity index (χ0v) is 21.5. The molecule has 1 aliphatic carbocycles. The number of hydrogen-bond acceptors (Lipinski definition) is 6. The highest BCUT2D eigenvalue weighted by Gasteiger charge is 2.52. The molecule has 1 amide bonds. The van der Waals surface area contributed by atoms with Gasteiger partial charge in [0.2, 0.25) is 5.91 Å². The summed E-state index contributed by atoms with van der Waals surface area (Å²) in [6.45, 7) is 6.17. The lowest BCUT2D eigenvalue weighted by molar-refractivity contribution is -0.286. The third kappa shape index (κ3) is 4.83. The van der Waals surface area contributed by atoms with Crippen molar-refractivity contribution in [1.82, 2.24) is 4.57 Å². The number of hydrogen-bond donors (Lipinski definition) is 4. The number of anilines is 1. The first-order valence-electron chi connectivity index (χ1n) is 12.7. The van der Waals surface area contributed by atoms with Crippen molar-refractivity contribution in [3.05, 3.63) is 53.7 Å². The molecule has 1 fully saturated rings. The number of fused-ring (bicyclic) bond motifs is 2. The van der Waals surface area contributed by atoms with Crippen LogP contribution in [0, 0.1) is 0 Å². The van der Waals surface area contributed by atoms with Crippen LogP contribution in [-0.2, 0) is 22.2 Å². The monoisotopic (exact) mass is 530 g/mol. The molecule has 0 unspecified atom stereocenters. The van der Waals surface area contributed by atoms with Crippen LogP contribution in [0.5, 0.6) is 11.5 Å². The average Bonchev–Trinajstić information content (AvgIpc) is 3.48. The van der Waals surface area contributed by atoms with Gasteiger partial charge in [-0.3, -0.25) is 4.79 Å². The lowest BCUT2D eigenvalue weighted by Gasteiger charge is -2.23. The summed E-state index contributed by atoms with van der Waals surface area (Å²) in [7, 11) is 0. The van der Waals surface area contributed by atoms with E-state index in [1.807, 2.05) is 18.2 Å². The Morgan fingerprint density at radius 2 is 1.76 bits per heavy atom. The van der Waals surface area contributed by atoms with Gasteiger partial charge in [-0.1, -0.05) is 26.8 Å². The van der Waals surface area contributed by atoms with Gasteiger partial charge in [0.25, 0.3) is 0 Å². The standard InChI is InChI=1S/C28H32F2N2O6/c1-26(2,3)24-13-16-12-18(5-6-19(16)32(24)11-8-20(34)21(35)15-33)31-25(36)27(9-10-27)17-4-7-22-23(14-17)38-28(29,30)37-22/h4-7,12-14,20-21,33-35H,8-11,15H2,1-3H3,(H,31,36)/t20-,21-/m1/s1. The number of nitrogens with zero attached hydrogens (tertiary/aromatic N) is 1. The molecule has 38 heavy (non-hydrogen) atoms. The van der Waals surface area contributed by atoms with E-state index in [4.69, 9.17) is 5.11 Å². The minimum atomic E-state index is -3.71. The van der Waals surface area contributed by atoms with Crippen molar-refractivity contribution >= 4 is 22.5 Å². The minimum absolute atomic E-state index is 0.0574. The topological polar surface area (TPSA) is 113 Å². The van der Waals surface area contributed by atoms with Crippen molar-refractivity contribution in [2.45, 2.75) is 75.9 Å². The molecule has 2 heterocycles. The largest absolute Gasteiger partial charge is 0.586 e. The molecule has 2 atom stereocenters. The van der Waals surface area contributed by atoms with E-state index in [-0.39, 0.29) is 29.2 Å². The number of aryl methyl sites for hydroxylation is 1. The lowest BCUT2D eigenvalue weighted by Crippen LogP contribution is -2.30. The first-order chi connectivity index (χ1) is 17.8. The Hall–Kier alpha value is -3.21. The third-order valence-corrected chi connectivity index (χ3v) is 7.35. The zero-order valence-electron chi connectivity index (χ0n) is 21.5. The maximum absolute atomic E-state index is 13.4. The van der Waals surface area contributed by atoms with Crippen LogP contribution < -0.4 is 14.8 Å². The molecule has 204 valence electrons. The second-order valence-corrected chi connectivity index (χ2v) is 11.2. The number of aliphatic hydroxyl groups is 3. The van der Waals surface area contributed by atoms with Gasteiger partial charge in [0.1, 0.15) is 6.10 Å². The summed E-state index contributed by atoms with van der Waals surface area (Å²) in [6, 6.07) is 12.1. The van der Waals surface area contributed by atoms with Crippen LogP contribution in [-0.4, -0.2) is 50.9 Å². The Balaban J connectivity index is 1.38. The van der Waals surface area contributed by atoms with Crippen LogP contribution in [0.15, 0.2) is 42.5 Å². The molecule has 0 saturated heterocycles. The van der Waals surface area contributed by atoms with Gasteiger partial charge in [-0.05, 0) is 61.2 Å². The maximum Gasteiger partial charge on any atom is 0.586 e. The molecule has 0 spiro atoms. The van der Waals surface area contributed by atoms with E-state index in [2.05, 4.69) is 40.1 Å². The first-order valence-corrected chi connectivity index (χ1v) is 12.7. The van der Waals surface area contributed by atoms with E-state index in [1.54, 1.807) is 12.1 Å². The number of aromatic nitrogens is 1. The van der Waals surface area contributed by atoms with Crippen molar-refractivity contribution in [2.24, 2.45) is 0 Å². The normalized spacial score (nSPS) is 18.8. The number of amides is 1. The molecule has 1 saturated carbocycles. The van der Waals surface area contributed by atoms with E-state index in [0.29, 0.717) is 30.6 Å². The average molecular weight is 531 g/mol. The number of alkyl halides is 2. The van der Waals surface area contributed by atoms with Crippen molar-refractivity contribution in [1.29, 1.82) is 0 Å². The number of aliphatic hydroxyl groups excluding tert-OH is 3. The van der Waals surface area contributed by atoms with E-state index in [1.165, 1.54) is 12.1 Å². The number of ether oxygens (including phenoxy) is 2. The van der Waals surface area contributed by atoms with Crippen LogP contribution in [0.25, 0.3) is 10.9 Å². The molecule has 2 aromatic carbocycles. The molecule has 4 N–H and O–H groups in total. The predicted octanol–water partition coefficient (Wildman–Crippen LogP) is 4.03. The predicted molar refractivity (Wildman–Crippen MR) is 137 cm³/mol. The summed E-state index contributed by atoms with van der Waals surface area (Å²) >= 11 is 0. The van der Waals surface area contributed by atoms with Gasteiger partial charge in [0, 0.05) is 34.2 Å². The molecule has 5 rings (SSSR count). The molecule has 1 aromatic heterocycles. The Morgan fingerprint density at radius 3 is 2.42 bits per heavy atom. The summed E-state index contributed by atoms with van der Waals surface area (Å²) in [5.41, 5.74) is 2.11. The Morgan fingerprint density at radius 1 is 1.05 bits per heavy atom. The number of carbonyl (C=O) groups excluding carboxylic acids is 1. The summed E-state index contributed by atoms with van der Waals surface area (Å²) < 4.78 is 38.0. The summed E-state index contributed by atoms with van der Waals surface area (Å²) in [5, 5.41) is 32.9. The SMILES string of the molecule is CC(C)(C)c1cc2cc(NC(=O)C3(c4ccc5c(c4)OC(F)(F)O5)CC3)ccc2n1CC[C@@H](O)[C@H](O)CO. The van der Waals surface area contributed by atoms with Crippen LogP contribution in [0.4, 0.5) is 14.5 Å². The summed E-state index contributed by atoms with van der Waals surface area (Å²) in [6.07, 6.45) is -4.53. The van der Waals surface area contributed by atoms with Crippen molar-refractivity contribution < 1.29 is 38.4 Å². The van der Waals surface area contributed by atoms with E-state index < -0.39 is 30.5 Å². The first kappa shape index (κ1) is 26.4. The van der Waals surface area contributed by atoms with Crippen molar-refractivity contribution in [3.8, 4) is 11.5 Å². The highest BCUT2D eigenvalue weighted by molar-refractivity contribution is 6.02. The zero-order chi connectivity index (χ0) is 27.5. The van der Waals surface area contributed by atoms with Gasteiger partial charge in [-0.25, -0.2) is 0 Å². The van der Waals surface area contributed by atoms with Gasteiger partial charge in [-0.15, -0.1) is 8.78 Å². The van der Waals surface area contributed by atoms with Crippen molar-refractivity contribution in [2.75, 3.05) is 11.9 Å². The number of rotatable bonds is 8. The fourth-order valence-corrected chi connectivity index (χ4v) is 5.06. The summed E-state index contributed by atoms with van der Waals surface area (Å²) in [4.78, 5) is 13.4. The molecule has 0 radical (unpaired) electrons. The molecule has 3 aromatic rings. The van der Waals surface area contributed by atoms with E-state index in [0.717, 1.165) is 16.6 Å². The minimum Gasteiger partial charge on any atom is -0.395 e. The Bertz CT molecular complexity index is 1380. The maximum atomic E-state index is 13.4. The molecule has 8 nitrogen and oxygen atoms in total. The van der Waals surface area contributed by atoms with E-state index in [9.17, 15) is 23.8 Å². The van der Waals surface area contributed by atoms with Crippen LogP contribution >= 0.6 is 0 Å². The second kappa shape index (κ2) is 9.21. The molecular formula is C28H32F2N2O6. The number of benzene rings is 2. The summed E-state index contributed by atoms with van der Waals surface area (Å²) in [5.74, 6) is -0.363. The van der Waals surface area contributed by atoms with Crippen LogP contribution in [0.3, 0.4) is 0 Å². The van der Waals surface area contributed by atoms with E-state index >= 15 is 0 Å². The lowest BCUT2D eigenvalue weighted by atomic mass is 9.92. The van der Waals surface area contributed by atoms with Crippen LogP contribution in [0.1, 0.15) is 51.3 Å². The number of carbonyl (C=O) groups is 1. The van der Waals surface area contributed by atoms with Crippen molar-refractivity contribution in [3.63, 3.8) is 0 Å². The molecule has 10 heteroatoms.